The topological polar surface area (TPSA) is 3.24 Å². The van der Waals surface area contributed by atoms with Crippen molar-refractivity contribution in [2.75, 3.05) is 4.90 Å². The number of fused-ring (bicyclic) bond motifs is 3. The highest BCUT2D eigenvalue weighted by Gasteiger charge is 2.48. The Kier molecular flexibility index (Phi) is 7.37. The van der Waals surface area contributed by atoms with Crippen molar-refractivity contribution in [1.29, 1.82) is 0 Å². The lowest BCUT2D eigenvalue weighted by atomic mass is 9.51. The van der Waals surface area contributed by atoms with Crippen LogP contribution in [-0.4, -0.2) is 0 Å². The first kappa shape index (κ1) is 30.7. The van der Waals surface area contributed by atoms with Gasteiger partial charge >= 0.3 is 0 Å². The van der Waals surface area contributed by atoms with Crippen LogP contribution in [0.15, 0.2) is 115 Å². The van der Waals surface area contributed by atoms with Gasteiger partial charge < -0.3 is 4.90 Å². The predicted molar refractivity (Wildman–Crippen MR) is 210 cm³/mol. The Morgan fingerprint density at radius 3 is 1.78 bits per heavy atom. The maximum atomic E-state index is 2.55. The van der Waals surface area contributed by atoms with Crippen molar-refractivity contribution in [2.45, 2.75) is 95.3 Å². The summed E-state index contributed by atoms with van der Waals surface area (Å²) in [7, 11) is 0. The van der Waals surface area contributed by atoms with Crippen LogP contribution in [0.5, 0.6) is 0 Å². The zero-order valence-electron chi connectivity index (χ0n) is 30.0. The van der Waals surface area contributed by atoms with Gasteiger partial charge in [0.1, 0.15) is 0 Å². The molecule has 1 heteroatoms. The Bertz CT molecular complexity index is 1980. The van der Waals surface area contributed by atoms with Crippen LogP contribution in [0.1, 0.15) is 112 Å². The summed E-state index contributed by atoms with van der Waals surface area (Å²) in [4.78, 5) is 2.55. The minimum atomic E-state index is -0.0920. The molecule has 0 radical (unpaired) electrons. The first-order valence-electron chi connectivity index (χ1n) is 19.8. The van der Waals surface area contributed by atoms with Crippen molar-refractivity contribution in [3.8, 4) is 22.3 Å². The second kappa shape index (κ2) is 12.0. The van der Waals surface area contributed by atoms with Gasteiger partial charge in [0.05, 0.1) is 0 Å². The molecule has 0 spiro atoms. The summed E-state index contributed by atoms with van der Waals surface area (Å²) in [6, 6.07) is 44.8. The molecular weight excluding hydrogens is 603 g/mol. The SMILES string of the molecule is CC1(C)c2ccccc2-c2c(-c3ccccc3)cc(N(c3ccc(C4CCCCC4)cc3)c3ccc(C4C5CC6CC(C5)CC4C6)cc3)cc21. The van der Waals surface area contributed by atoms with Gasteiger partial charge in [0, 0.05) is 22.5 Å². The average molecular weight is 654 g/mol. The monoisotopic (exact) mass is 653 g/mol. The van der Waals surface area contributed by atoms with E-state index in [2.05, 4.69) is 134 Å². The predicted octanol–water partition coefficient (Wildman–Crippen LogP) is 13.7. The van der Waals surface area contributed by atoms with Crippen LogP contribution >= 0.6 is 0 Å². The molecule has 5 aromatic carbocycles. The molecule has 6 aliphatic carbocycles. The lowest BCUT2D eigenvalue weighted by Crippen LogP contribution is -2.43. The van der Waals surface area contributed by atoms with Crippen molar-refractivity contribution < 1.29 is 0 Å². The largest absolute Gasteiger partial charge is 0.310 e. The summed E-state index contributed by atoms with van der Waals surface area (Å²) in [6.45, 7) is 4.83. The van der Waals surface area contributed by atoms with Crippen molar-refractivity contribution in [2.24, 2.45) is 23.7 Å². The summed E-state index contributed by atoms with van der Waals surface area (Å²) in [6.07, 6.45) is 14.2. The molecule has 0 amide bonds. The van der Waals surface area contributed by atoms with E-state index in [0.717, 1.165) is 29.6 Å². The van der Waals surface area contributed by atoms with Gasteiger partial charge in [0.2, 0.25) is 0 Å². The van der Waals surface area contributed by atoms with E-state index in [1.807, 2.05) is 0 Å². The molecule has 0 aromatic heterocycles. The summed E-state index contributed by atoms with van der Waals surface area (Å²) < 4.78 is 0. The van der Waals surface area contributed by atoms with Crippen molar-refractivity contribution >= 4 is 17.1 Å². The van der Waals surface area contributed by atoms with Crippen LogP contribution < -0.4 is 4.90 Å². The third-order valence-electron chi connectivity index (χ3n) is 14.0. The molecule has 5 fully saturated rings. The van der Waals surface area contributed by atoms with Gasteiger partial charge in [0.15, 0.2) is 0 Å². The summed E-state index contributed by atoms with van der Waals surface area (Å²) >= 11 is 0. The van der Waals surface area contributed by atoms with Gasteiger partial charge in [-0.3, -0.25) is 0 Å². The fraction of sp³-hybridized carbons (Fsp3) is 0.388. The number of rotatable bonds is 6. The van der Waals surface area contributed by atoms with Gasteiger partial charge in [-0.05, 0) is 161 Å². The quantitative estimate of drug-likeness (QED) is 0.176. The lowest BCUT2D eigenvalue weighted by Gasteiger charge is -2.54. The Morgan fingerprint density at radius 1 is 0.520 bits per heavy atom. The van der Waals surface area contributed by atoms with E-state index in [1.165, 1.54) is 120 Å². The minimum Gasteiger partial charge on any atom is -0.310 e. The third kappa shape index (κ3) is 5.02. The van der Waals surface area contributed by atoms with E-state index in [4.69, 9.17) is 0 Å². The second-order valence-corrected chi connectivity index (χ2v) is 17.3. The lowest BCUT2D eigenvalue weighted by molar-refractivity contribution is -0.00277. The molecule has 1 nitrogen and oxygen atoms in total. The van der Waals surface area contributed by atoms with Gasteiger partial charge in [-0.25, -0.2) is 0 Å². The fourth-order valence-electron chi connectivity index (χ4n) is 11.9. The molecule has 0 N–H and O–H groups in total. The molecule has 5 saturated carbocycles. The number of nitrogens with zero attached hydrogens (tertiary/aromatic N) is 1. The van der Waals surface area contributed by atoms with Crippen LogP contribution in [-0.2, 0) is 5.41 Å². The Balaban J connectivity index is 1.11. The van der Waals surface area contributed by atoms with Gasteiger partial charge in [0.25, 0.3) is 0 Å². The highest BCUT2D eigenvalue weighted by molar-refractivity contribution is 5.96. The van der Waals surface area contributed by atoms with Gasteiger partial charge in [-0.1, -0.05) is 112 Å². The first-order chi connectivity index (χ1) is 24.5. The summed E-state index contributed by atoms with van der Waals surface area (Å²) in [5.41, 5.74) is 15.0. The van der Waals surface area contributed by atoms with Crippen molar-refractivity contribution in [1.82, 2.24) is 0 Å². The fourth-order valence-corrected chi connectivity index (χ4v) is 11.9. The van der Waals surface area contributed by atoms with Crippen LogP contribution in [0.4, 0.5) is 17.1 Å². The highest BCUT2D eigenvalue weighted by atomic mass is 15.1. The van der Waals surface area contributed by atoms with Gasteiger partial charge in [-0.15, -0.1) is 0 Å². The third-order valence-corrected chi connectivity index (χ3v) is 14.0. The minimum absolute atomic E-state index is 0.0920. The Hall–Kier alpha value is -4.10. The molecule has 6 aliphatic rings. The van der Waals surface area contributed by atoms with Crippen molar-refractivity contribution in [3.05, 3.63) is 138 Å². The number of benzene rings is 5. The second-order valence-electron chi connectivity index (χ2n) is 17.3. The van der Waals surface area contributed by atoms with Crippen LogP contribution in [0.3, 0.4) is 0 Å². The van der Waals surface area contributed by atoms with E-state index in [9.17, 15) is 0 Å². The maximum Gasteiger partial charge on any atom is 0.0471 e. The summed E-state index contributed by atoms with van der Waals surface area (Å²) in [5.74, 6) is 5.27. The van der Waals surface area contributed by atoms with E-state index >= 15 is 0 Å². The molecular formula is C49H51N. The summed E-state index contributed by atoms with van der Waals surface area (Å²) in [5, 5.41) is 0. The van der Waals surface area contributed by atoms with E-state index in [1.54, 1.807) is 5.56 Å². The smallest absolute Gasteiger partial charge is 0.0471 e. The molecule has 0 aliphatic heterocycles. The number of anilines is 3. The zero-order valence-corrected chi connectivity index (χ0v) is 30.0. The molecule has 252 valence electrons. The maximum absolute atomic E-state index is 2.55. The first-order valence-corrected chi connectivity index (χ1v) is 19.8. The van der Waals surface area contributed by atoms with Crippen molar-refractivity contribution in [3.63, 3.8) is 0 Å². The molecule has 50 heavy (non-hydrogen) atoms. The Labute approximate surface area is 299 Å². The number of hydrogen-bond acceptors (Lipinski definition) is 1. The molecule has 4 bridgehead atoms. The molecule has 0 heterocycles. The normalized spacial score (nSPS) is 26.1. The molecule has 0 saturated heterocycles. The standard InChI is InChI=1S/C49H51N/c1-49(2)45-16-10-9-15-43(45)48-44(36-13-7-4-8-14-36)30-42(31-46(48)49)50(40-21-17-35(18-22-40)34-11-5-3-6-12-34)41-23-19-37(20-24-41)47-38-26-32-25-33(28-38)29-39(47)27-32/h4,7-10,13-24,30-34,38-39,47H,3,5-6,11-12,25-29H2,1-2H3. The van der Waals surface area contributed by atoms with Crippen LogP contribution in [0, 0.1) is 23.7 Å². The van der Waals surface area contributed by atoms with Crippen LogP contribution in [0.25, 0.3) is 22.3 Å². The zero-order chi connectivity index (χ0) is 33.4. The highest BCUT2D eigenvalue weighted by Crippen LogP contribution is 2.60. The van der Waals surface area contributed by atoms with E-state index in [-0.39, 0.29) is 5.41 Å². The number of hydrogen-bond donors (Lipinski definition) is 0. The van der Waals surface area contributed by atoms with E-state index < -0.39 is 0 Å². The molecule has 0 unspecified atom stereocenters. The van der Waals surface area contributed by atoms with Gasteiger partial charge in [-0.2, -0.15) is 0 Å². The Morgan fingerprint density at radius 2 is 1.12 bits per heavy atom. The average Bonchev–Trinajstić information content (AvgIpc) is 3.38. The molecule has 0 atom stereocenters. The molecule has 5 aromatic rings. The molecule has 11 rings (SSSR count). The van der Waals surface area contributed by atoms with Crippen LogP contribution in [0.2, 0.25) is 0 Å². The van der Waals surface area contributed by atoms with E-state index in [0.29, 0.717) is 5.92 Å².